The van der Waals surface area contributed by atoms with Crippen LogP contribution in [0.25, 0.3) is 0 Å². The SMILES string of the molecule is N#CC(Cc1ccccc1F)C(=O)[O-].[Na+]. The summed E-state index contributed by atoms with van der Waals surface area (Å²) in [6, 6.07) is 7.30. The molecule has 1 unspecified atom stereocenters. The van der Waals surface area contributed by atoms with Gasteiger partial charge in [-0.15, -0.1) is 0 Å². The zero-order valence-corrected chi connectivity index (χ0v) is 10.2. The quantitative estimate of drug-likeness (QED) is 0.514. The number of nitriles is 1. The Hall–Kier alpha value is -0.890. The van der Waals surface area contributed by atoms with E-state index in [9.17, 15) is 14.3 Å². The van der Waals surface area contributed by atoms with Crippen LogP contribution in [0.4, 0.5) is 4.39 Å². The van der Waals surface area contributed by atoms with Crippen LogP contribution >= 0.6 is 0 Å². The molecule has 0 aliphatic carbocycles. The van der Waals surface area contributed by atoms with E-state index in [0.717, 1.165) is 0 Å². The Kier molecular flexibility index (Phi) is 6.18. The molecule has 72 valence electrons. The number of hydrogen-bond donors (Lipinski definition) is 0. The minimum Gasteiger partial charge on any atom is -0.549 e. The number of nitrogens with zero attached hydrogens (tertiary/aromatic N) is 1. The molecule has 0 saturated carbocycles. The fraction of sp³-hybridized carbons (Fsp3) is 0.200. The number of rotatable bonds is 3. The maximum absolute atomic E-state index is 13.0. The van der Waals surface area contributed by atoms with Crippen molar-refractivity contribution >= 4 is 5.97 Å². The smallest absolute Gasteiger partial charge is 0.549 e. The van der Waals surface area contributed by atoms with Gasteiger partial charge in [0.1, 0.15) is 5.82 Å². The van der Waals surface area contributed by atoms with Crippen molar-refractivity contribution in [3.8, 4) is 6.07 Å². The molecule has 15 heavy (non-hydrogen) atoms. The van der Waals surface area contributed by atoms with Gasteiger partial charge in [-0.2, -0.15) is 5.26 Å². The van der Waals surface area contributed by atoms with Crippen molar-refractivity contribution in [2.24, 2.45) is 5.92 Å². The number of carboxylic acid groups (broad SMARTS) is 1. The van der Waals surface area contributed by atoms with Crippen LogP contribution in [0, 0.1) is 23.1 Å². The summed E-state index contributed by atoms with van der Waals surface area (Å²) >= 11 is 0. The van der Waals surface area contributed by atoms with Crippen LogP contribution in [0.3, 0.4) is 0 Å². The van der Waals surface area contributed by atoms with Crippen molar-refractivity contribution in [1.29, 1.82) is 5.26 Å². The number of carboxylic acids is 1. The normalized spacial score (nSPS) is 10.9. The molecule has 0 aliphatic rings. The van der Waals surface area contributed by atoms with Gasteiger partial charge in [-0.05, 0) is 18.1 Å². The standard InChI is InChI=1S/C10H8FNO2.Na/c11-9-4-2-1-3-7(9)5-8(6-12)10(13)14;/h1-4,8H,5H2,(H,13,14);/q;+1/p-1. The molecule has 0 saturated heterocycles. The van der Waals surface area contributed by atoms with E-state index >= 15 is 0 Å². The molecule has 1 aromatic rings. The number of aliphatic carboxylic acids is 1. The minimum atomic E-state index is -1.48. The Morgan fingerprint density at radius 3 is 2.60 bits per heavy atom. The van der Waals surface area contributed by atoms with Gasteiger partial charge in [-0.25, -0.2) is 4.39 Å². The number of carbonyl (C=O) groups excluding carboxylic acids is 1. The first kappa shape index (κ1) is 14.1. The number of halogens is 1. The van der Waals surface area contributed by atoms with Crippen molar-refractivity contribution < 1.29 is 43.8 Å². The predicted molar refractivity (Wildman–Crippen MR) is 44.2 cm³/mol. The van der Waals surface area contributed by atoms with Gasteiger partial charge in [0.25, 0.3) is 0 Å². The molecule has 0 aliphatic heterocycles. The van der Waals surface area contributed by atoms with Crippen LogP contribution in [0.1, 0.15) is 5.56 Å². The monoisotopic (exact) mass is 215 g/mol. The Labute approximate surface area is 109 Å². The summed E-state index contributed by atoms with van der Waals surface area (Å²) in [6.45, 7) is 0. The third kappa shape index (κ3) is 4.00. The van der Waals surface area contributed by atoms with E-state index in [2.05, 4.69) is 0 Å². The van der Waals surface area contributed by atoms with Crippen LogP contribution in [0.15, 0.2) is 24.3 Å². The van der Waals surface area contributed by atoms with Crippen molar-refractivity contribution in [2.75, 3.05) is 0 Å². The van der Waals surface area contributed by atoms with Gasteiger partial charge >= 0.3 is 29.6 Å². The fourth-order valence-corrected chi connectivity index (χ4v) is 1.07. The van der Waals surface area contributed by atoms with E-state index in [1.807, 2.05) is 0 Å². The van der Waals surface area contributed by atoms with E-state index in [4.69, 9.17) is 5.26 Å². The summed E-state index contributed by atoms with van der Waals surface area (Å²) in [5, 5.41) is 18.8. The van der Waals surface area contributed by atoms with E-state index in [1.165, 1.54) is 18.2 Å². The molecule has 1 aromatic carbocycles. The fourth-order valence-electron chi connectivity index (χ4n) is 1.07. The molecular weight excluding hydrogens is 208 g/mol. The first-order chi connectivity index (χ1) is 6.65. The van der Waals surface area contributed by atoms with Crippen LogP contribution in [0.2, 0.25) is 0 Å². The van der Waals surface area contributed by atoms with Gasteiger partial charge in [-0.1, -0.05) is 18.2 Å². The van der Waals surface area contributed by atoms with Gasteiger partial charge in [0.05, 0.1) is 18.0 Å². The zero-order chi connectivity index (χ0) is 10.6. The van der Waals surface area contributed by atoms with Crippen LogP contribution in [0.5, 0.6) is 0 Å². The molecule has 0 bridgehead atoms. The van der Waals surface area contributed by atoms with E-state index < -0.39 is 17.7 Å². The van der Waals surface area contributed by atoms with Gasteiger partial charge in [0.2, 0.25) is 0 Å². The Balaban J connectivity index is 0.00000196. The second kappa shape index (κ2) is 6.57. The summed E-state index contributed by atoms with van der Waals surface area (Å²) in [5.41, 5.74) is 0.211. The van der Waals surface area contributed by atoms with Crippen molar-refractivity contribution in [2.45, 2.75) is 6.42 Å². The third-order valence-corrected chi connectivity index (χ3v) is 1.82. The third-order valence-electron chi connectivity index (χ3n) is 1.82. The molecule has 0 N–H and O–H groups in total. The molecule has 0 aromatic heterocycles. The Bertz CT molecular complexity index is 389. The van der Waals surface area contributed by atoms with E-state index in [0.29, 0.717) is 0 Å². The average Bonchev–Trinajstić information content (AvgIpc) is 2.16. The maximum atomic E-state index is 13.0. The molecule has 1 atom stereocenters. The van der Waals surface area contributed by atoms with Crippen molar-refractivity contribution in [1.82, 2.24) is 0 Å². The van der Waals surface area contributed by atoms with Gasteiger partial charge in [0.15, 0.2) is 0 Å². The summed E-state index contributed by atoms with van der Waals surface area (Å²) in [5.74, 6) is -3.28. The first-order valence-electron chi connectivity index (χ1n) is 3.99. The Morgan fingerprint density at radius 2 is 2.13 bits per heavy atom. The second-order valence-corrected chi connectivity index (χ2v) is 2.80. The molecule has 1 rings (SSSR count). The predicted octanol–water partition coefficient (Wildman–Crippen LogP) is -2.74. The van der Waals surface area contributed by atoms with Crippen molar-refractivity contribution in [3.05, 3.63) is 35.6 Å². The molecule has 0 fully saturated rings. The molecule has 0 amide bonds. The van der Waals surface area contributed by atoms with Gasteiger partial charge < -0.3 is 9.90 Å². The van der Waals surface area contributed by atoms with Crippen LogP contribution in [-0.2, 0) is 11.2 Å². The number of carbonyl (C=O) groups is 1. The Morgan fingerprint density at radius 1 is 1.53 bits per heavy atom. The molecule has 5 heteroatoms. The zero-order valence-electron chi connectivity index (χ0n) is 8.24. The van der Waals surface area contributed by atoms with Crippen molar-refractivity contribution in [3.63, 3.8) is 0 Å². The molecule has 0 heterocycles. The number of benzene rings is 1. The largest absolute Gasteiger partial charge is 1.00 e. The van der Waals surface area contributed by atoms with Crippen LogP contribution < -0.4 is 34.7 Å². The summed E-state index contributed by atoms with van der Waals surface area (Å²) in [6.07, 6.45) is -0.161. The minimum absolute atomic E-state index is 0. The van der Waals surface area contributed by atoms with Crippen LogP contribution in [-0.4, -0.2) is 5.97 Å². The summed E-state index contributed by atoms with van der Waals surface area (Å²) in [4.78, 5) is 10.4. The molecule has 3 nitrogen and oxygen atoms in total. The molecule has 0 spiro atoms. The summed E-state index contributed by atoms with van der Waals surface area (Å²) in [7, 11) is 0. The molecule has 0 radical (unpaired) electrons. The van der Waals surface area contributed by atoms with E-state index in [-0.39, 0.29) is 41.5 Å². The average molecular weight is 215 g/mol. The van der Waals surface area contributed by atoms with Gasteiger partial charge in [0, 0.05) is 0 Å². The second-order valence-electron chi connectivity index (χ2n) is 2.80. The summed E-state index contributed by atoms with van der Waals surface area (Å²) < 4.78 is 13.0. The van der Waals surface area contributed by atoms with Gasteiger partial charge in [-0.3, -0.25) is 0 Å². The van der Waals surface area contributed by atoms with E-state index in [1.54, 1.807) is 12.1 Å². The maximum Gasteiger partial charge on any atom is 1.00 e. The number of hydrogen-bond acceptors (Lipinski definition) is 3. The topological polar surface area (TPSA) is 63.9 Å². The first-order valence-corrected chi connectivity index (χ1v) is 3.99. The molecular formula is C10H7FNNaO2.